The molecule has 1 aromatic carbocycles. The molecule has 2 fully saturated rings. The van der Waals surface area contributed by atoms with Crippen molar-refractivity contribution in [2.24, 2.45) is 0 Å². The summed E-state index contributed by atoms with van der Waals surface area (Å²) in [4.78, 5) is 16.9. The fourth-order valence-electron chi connectivity index (χ4n) is 3.76. The Morgan fingerprint density at radius 3 is 2.42 bits per heavy atom. The SMILES string of the molecule is CCN1C(=O)[C@@]2(CN(C)C[C@H]2c2cc(OC)cc(OC)c2)NC1=S. The molecule has 130 valence electrons. The number of carbonyl (C=O) groups excluding carboxylic acids is 1. The first-order chi connectivity index (χ1) is 11.4. The fourth-order valence-corrected chi connectivity index (χ4v) is 4.16. The van der Waals surface area contributed by atoms with Gasteiger partial charge in [0.25, 0.3) is 5.91 Å². The number of nitrogens with one attached hydrogen (secondary N) is 1. The van der Waals surface area contributed by atoms with E-state index < -0.39 is 5.54 Å². The highest BCUT2D eigenvalue weighted by molar-refractivity contribution is 7.80. The molecule has 0 aromatic heterocycles. The van der Waals surface area contributed by atoms with E-state index in [0.29, 0.717) is 18.2 Å². The Labute approximate surface area is 147 Å². The van der Waals surface area contributed by atoms with Gasteiger partial charge in [-0.05, 0) is 43.9 Å². The van der Waals surface area contributed by atoms with Gasteiger partial charge in [-0.25, -0.2) is 0 Å². The van der Waals surface area contributed by atoms with Gasteiger partial charge >= 0.3 is 0 Å². The molecule has 0 bridgehead atoms. The van der Waals surface area contributed by atoms with E-state index in [1.165, 1.54) is 0 Å². The Bertz CT molecular complexity index is 659. The molecular weight excluding hydrogens is 326 g/mol. The van der Waals surface area contributed by atoms with Crippen LogP contribution in [0.3, 0.4) is 0 Å². The molecule has 1 amide bonds. The van der Waals surface area contributed by atoms with Gasteiger partial charge in [0.05, 0.1) is 14.2 Å². The highest BCUT2D eigenvalue weighted by Crippen LogP contribution is 2.41. The zero-order valence-electron chi connectivity index (χ0n) is 14.5. The fraction of sp³-hybridized carbons (Fsp3) is 0.529. The van der Waals surface area contributed by atoms with Gasteiger partial charge in [0.1, 0.15) is 17.0 Å². The van der Waals surface area contributed by atoms with Crippen molar-refractivity contribution >= 4 is 23.2 Å². The van der Waals surface area contributed by atoms with E-state index in [1.807, 2.05) is 32.2 Å². The lowest BCUT2D eigenvalue weighted by Crippen LogP contribution is -2.52. The molecule has 6 nitrogen and oxygen atoms in total. The highest BCUT2D eigenvalue weighted by atomic mass is 32.1. The summed E-state index contributed by atoms with van der Waals surface area (Å²) in [6.45, 7) is 3.89. The summed E-state index contributed by atoms with van der Waals surface area (Å²) in [5.41, 5.74) is 0.288. The van der Waals surface area contributed by atoms with E-state index in [9.17, 15) is 4.79 Å². The quantitative estimate of drug-likeness (QED) is 0.825. The van der Waals surface area contributed by atoms with Crippen molar-refractivity contribution < 1.29 is 14.3 Å². The van der Waals surface area contributed by atoms with Gasteiger partial charge in [0.15, 0.2) is 5.11 Å². The second-order valence-electron chi connectivity index (χ2n) is 6.35. The highest BCUT2D eigenvalue weighted by Gasteiger charge is 2.58. The molecule has 2 aliphatic heterocycles. The molecule has 2 saturated heterocycles. The predicted molar refractivity (Wildman–Crippen MR) is 95.6 cm³/mol. The summed E-state index contributed by atoms with van der Waals surface area (Å²) in [5, 5.41) is 3.83. The van der Waals surface area contributed by atoms with E-state index in [0.717, 1.165) is 23.6 Å². The number of ether oxygens (including phenoxy) is 2. The molecule has 0 unspecified atom stereocenters. The second kappa shape index (κ2) is 6.22. The van der Waals surface area contributed by atoms with Crippen LogP contribution in [0.25, 0.3) is 0 Å². The molecule has 1 N–H and O–H groups in total. The maximum absolute atomic E-state index is 13.1. The van der Waals surface area contributed by atoms with Crippen LogP contribution < -0.4 is 14.8 Å². The van der Waals surface area contributed by atoms with Gasteiger partial charge in [-0.1, -0.05) is 0 Å². The number of benzene rings is 1. The number of hydrogen-bond donors (Lipinski definition) is 1. The number of rotatable bonds is 4. The molecule has 24 heavy (non-hydrogen) atoms. The Morgan fingerprint density at radius 2 is 1.92 bits per heavy atom. The molecule has 2 aliphatic rings. The number of likely N-dealkylation sites (N-methyl/N-ethyl adjacent to an activating group) is 2. The second-order valence-corrected chi connectivity index (χ2v) is 6.73. The van der Waals surface area contributed by atoms with E-state index in [-0.39, 0.29) is 11.8 Å². The Balaban J connectivity index is 2.06. The first-order valence-electron chi connectivity index (χ1n) is 8.00. The van der Waals surface area contributed by atoms with Gasteiger partial charge < -0.3 is 19.7 Å². The van der Waals surface area contributed by atoms with Crippen molar-refractivity contribution in [2.75, 3.05) is 40.9 Å². The standard InChI is InChI=1S/C17H23N3O3S/c1-5-20-15(21)17(18-16(20)24)10-19(2)9-14(17)11-6-12(22-3)8-13(7-11)23-4/h6-8,14H,5,9-10H2,1-4H3,(H,18,24)/t14-,17-/m0/s1. The normalized spacial score (nSPS) is 27.0. The van der Waals surface area contributed by atoms with Crippen LogP contribution in [0.5, 0.6) is 11.5 Å². The molecule has 1 aromatic rings. The van der Waals surface area contributed by atoms with Crippen molar-refractivity contribution in [3.05, 3.63) is 23.8 Å². The minimum absolute atomic E-state index is 0.0338. The van der Waals surface area contributed by atoms with Crippen LogP contribution in [0.2, 0.25) is 0 Å². The monoisotopic (exact) mass is 349 g/mol. The Kier molecular flexibility index (Phi) is 4.40. The summed E-state index contributed by atoms with van der Waals surface area (Å²) >= 11 is 5.39. The maximum Gasteiger partial charge on any atom is 0.256 e. The maximum atomic E-state index is 13.1. The summed E-state index contributed by atoms with van der Waals surface area (Å²) in [6, 6.07) is 5.78. The van der Waals surface area contributed by atoms with Gasteiger partial charge in [0, 0.05) is 31.6 Å². The number of nitrogens with zero attached hydrogens (tertiary/aromatic N) is 2. The van der Waals surface area contributed by atoms with Crippen molar-refractivity contribution in [3.63, 3.8) is 0 Å². The van der Waals surface area contributed by atoms with Crippen LogP contribution >= 0.6 is 12.2 Å². The molecule has 3 rings (SSSR count). The molecule has 7 heteroatoms. The van der Waals surface area contributed by atoms with Gasteiger partial charge in [-0.15, -0.1) is 0 Å². The largest absolute Gasteiger partial charge is 0.497 e. The van der Waals surface area contributed by atoms with Crippen molar-refractivity contribution in [2.45, 2.75) is 18.4 Å². The lowest BCUT2D eigenvalue weighted by Gasteiger charge is -2.28. The lowest BCUT2D eigenvalue weighted by molar-refractivity contribution is -0.130. The third-order valence-electron chi connectivity index (χ3n) is 4.90. The van der Waals surface area contributed by atoms with Crippen LogP contribution in [0.4, 0.5) is 0 Å². The van der Waals surface area contributed by atoms with E-state index >= 15 is 0 Å². The van der Waals surface area contributed by atoms with Crippen LogP contribution in [-0.4, -0.2) is 67.3 Å². The summed E-state index contributed by atoms with van der Waals surface area (Å²) in [6.07, 6.45) is 0. The van der Waals surface area contributed by atoms with E-state index in [2.05, 4.69) is 10.2 Å². The van der Waals surface area contributed by atoms with E-state index in [1.54, 1.807) is 19.1 Å². The van der Waals surface area contributed by atoms with Crippen LogP contribution in [0.1, 0.15) is 18.4 Å². The summed E-state index contributed by atoms with van der Waals surface area (Å²) in [5.74, 6) is 1.45. The number of hydrogen-bond acceptors (Lipinski definition) is 5. The third-order valence-corrected chi connectivity index (χ3v) is 5.23. The number of likely N-dealkylation sites (tertiary alicyclic amines) is 1. The zero-order valence-corrected chi connectivity index (χ0v) is 15.3. The van der Waals surface area contributed by atoms with Gasteiger partial charge in [-0.2, -0.15) is 0 Å². The summed E-state index contributed by atoms with van der Waals surface area (Å²) in [7, 11) is 5.27. The molecule has 0 saturated carbocycles. The Morgan fingerprint density at radius 1 is 1.29 bits per heavy atom. The number of carbonyl (C=O) groups is 1. The first kappa shape index (κ1) is 17.0. The summed E-state index contributed by atoms with van der Waals surface area (Å²) < 4.78 is 10.8. The van der Waals surface area contributed by atoms with Crippen molar-refractivity contribution in [1.29, 1.82) is 0 Å². The molecule has 1 spiro atoms. The third kappa shape index (κ3) is 2.52. The number of methoxy groups -OCH3 is 2. The van der Waals surface area contributed by atoms with Crippen LogP contribution in [0.15, 0.2) is 18.2 Å². The zero-order chi connectivity index (χ0) is 17.5. The molecular formula is C17H23N3O3S. The minimum Gasteiger partial charge on any atom is -0.497 e. The Hall–Kier alpha value is -1.86. The van der Waals surface area contributed by atoms with Crippen molar-refractivity contribution in [3.8, 4) is 11.5 Å². The van der Waals surface area contributed by atoms with Crippen LogP contribution in [0, 0.1) is 0 Å². The topological polar surface area (TPSA) is 54.0 Å². The number of amides is 1. The van der Waals surface area contributed by atoms with Gasteiger partial charge in [0.2, 0.25) is 0 Å². The molecule has 2 atom stereocenters. The molecule has 0 aliphatic carbocycles. The average molecular weight is 349 g/mol. The van der Waals surface area contributed by atoms with Crippen molar-refractivity contribution in [1.82, 2.24) is 15.1 Å². The first-order valence-corrected chi connectivity index (χ1v) is 8.41. The average Bonchev–Trinajstić information content (AvgIpc) is 3.03. The number of thiocarbonyl (C=S) groups is 1. The predicted octanol–water partition coefficient (Wildman–Crippen LogP) is 1.21. The van der Waals surface area contributed by atoms with E-state index in [4.69, 9.17) is 21.7 Å². The molecule has 0 radical (unpaired) electrons. The lowest BCUT2D eigenvalue weighted by atomic mass is 9.81. The van der Waals surface area contributed by atoms with Crippen LogP contribution in [-0.2, 0) is 4.79 Å². The molecule has 2 heterocycles. The minimum atomic E-state index is -0.723. The van der Waals surface area contributed by atoms with Gasteiger partial charge in [-0.3, -0.25) is 9.69 Å². The smallest absolute Gasteiger partial charge is 0.256 e.